The number of aromatic amines is 2. The second kappa shape index (κ2) is 7.14. The monoisotopic (exact) mass is 448 g/mol. The average molecular weight is 449 g/mol. The molecule has 2 aliphatic carbocycles. The number of fused-ring (bicyclic) bond motifs is 2. The van der Waals surface area contributed by atoms with E-state index in [9.17, 15) is 0 Å². The fourth-order valence-corrected chi connectivity index (χ4v) is 6.07. The largest absolute Gasteiger partial charge is 0.341 e. The van der Waals surface area contributed by atoms with Crippen LogP contribution < -0.4 is 10.6 Å². The van der Waals surface area contributed by atoms with Gasteiger partial charge in [0.2, 0.25) is 0 Å². The number of hydrogen-bond acceptors (Lipinski definition) is 4. The van der Waals surface area contributed by atoms with E-state index in [-0.39, 0.29) is 0 Å². The van der Waals surface area contributed by atoms with Crippen molar-refractivity contribution in [3.05, 3.63) is 72.6 Å². The zero-order valence-corrected chi connectivity index (χ0v) is 19.0. The number of benzene rings is 2. The van der Waals surface area contributed by atoms with Crippen LogP contribution in [-0.2, 0) is 0 Å². The van der Waals surface area contributed by atoms with Crippen molar-refractivity contribution in [3.8, 4) is 33.6 Å². The highest BCUT2D eigenvalue weighted by Gasteiger charge is 2.47. The van der Waals surface area contributed by atoms with E-state index in [0.29, 0.717) is 12.1 Å². The maximum absolute atomic E-state index is 4.65. The van der Waals surface area contributed by atoms with E-state index < -0.39 is 0 Å². The quantitative estimate of drug-likeness (QED) is 0.347. The second-order valence-electron chi connectivity index (χ2n) is 10.6. The summed E-state index contributed by atoms with van der Waals surface area (Å²) in [7, 11) is 0. The van der Waals surface area contributed by atoms with Crippen molar-refractivity contribution in [2.24, 2.45) is 11.8 Å². The summed E-state index contributed by atoms with van der Waals surface area (Å²) in [4.78, 5) is 16.4. The number of nitrogens with one attached hydrogen (secondary N) is 4. The SMILES string of the molecule is c1cc(-c2cnc(C3C[C@H]4C[C@H]4N3)[nH]2)ccc1-c1ccc(-c2cnc(C3C[C@H]4C[C@H]4N3)[nH]2)cc1. The molecular formula is C28H28N6. The highest BCUT2D eigenvalue weighted by atomic mass is 15.1. The molecule has 2 unspecified atom stereocenters. The van der Waals surface area contributed by atoms with Gasteiger partial charge in [0, 0.05) is 12.1 Å². The molecule has 34 heavy (non-hydrogen) atoms. The number of piperidine rings is 2. The predicted molar refractivity (Wildman–Crippen MR) is 132 cm³/mol. The summed E-state index contributed by atoms with van der Waals surface area (Å²) >= 11 is 0. The van der Waals surface area contributed by atoms with E-state index >= 15 is 0 Å². The zero-order chi connectivity index (χ0) is 22.2. The van der Waals surface area contributed by atoms with Gasteiger partial charge in [0.05, 0.1) is 35.9 Å². The molecule has 0 amide bonds. The lowest BCUT2D eigenvalue weighted by atomic mass is 10.0. The topological polar surface area (TPSA) is 81.4 Å². The molecule has 6 heteroatoms. The molecule has 4 fully saturated rings. The van der Waals surface area contributed by atoms with E-state index in [1.807, 2.05) is 12.4 Å². The lowest BCUT2D eigenvalue weighted by Crippen LogP contribution is -2.18. The Bertz CT molecular complexity index is 1220. The number of imidazole rings is 2. The van der Waals surface area contributed by atoms with Crippen LogP contribution >= 0.6 is 0 Å². The predicted octanol–water partition coefficient (Wildman–Crippen LogP) is 4.98. The van der Waals surface area contributed by atoms with Gasteiger partial charge in [0.15, 0.2) is 0 Å². The van der Waals surface area contributed by atoms with E-state index in [4.69, 9.17) is 0 Å². The first-order chi connectivity index (χ1) is 16.8. The first-order valence-electron chi connectivity index (χ1n) is 12.6. The number of aromatic nitrogens is 4. The molecule has 2 aromatic heterocycles. The van der Waals surface area contributed by atoms with E-state index in [0.717, 1.165) is 47.0 Å². The number of rotatable bonds is 5. The second-order valence-corrected chi connectivity index (χ2v) is 10.6. The van der Waals surface area contributed by atoms with Crippen LogP contribution in [0, 0.1) is 11.8 Å². The van der Waals surface area contributed by atoms with Gasteiger partial charge in [-0.15, -0.1) is 0 Å². The summed E-state index contributed by atoms with van der Waals surface area (Å²) < 4.78 is 0. The Morgan fingerprint density at radius 1 is 0.529 bits per heavy atom. The van der Waals surface area contributed by atoms with Gasteiger partial charge in [-0.3, -0.25) is 0 Å². The zero-order valence-electron chi connectivity index (χ0n) is 19.0. The van der Waals surface area contributed by atoms with E-state index in [1.165, 1.54) is 47.9 Å². The third-order valence-electron chi connectivity index (χ3n) is 8.33. The molecule has 6 atom stereocenters. The normalized spacial score (nSPS) is 30.8. The first kappa shape index (κ1) is 19.1. The Morgan fingerprint density at radius 3 is 1.32 bits per heavy atom. The standard InChI is InChI=1S/C28H28N6/c1-5-17(25-13-29-27(33-25)23-11-19-9-21(19)31-23)6-2-15(1)16-3-7-18(8-4-16)26-14-30-28(34-26)24-12-20-10-22(20)32-24/h1-8,13-14,19-24,31-32H,9-12H2,(H,29,33)(H,30,34)/t19-,20-,21-,22-,23?,24?/m1/s1. The molecule has 170 valence electrons. The van der Waals surface area contributed by atoms with Crippen molar-refractivity contribution in [1.82, 2.24) is 30.6 Å². The minimum atomic E-state index is 0.390. The molecule has 2 aliphatic heterocycles. The molecule has 0 bridgehead atoms. The van der Waals surface area contributed by atoms with Crippen LogP contribution in [0.4, 0.5) is 0 Å². The van der Waals surface area contributed by atoms with Crippen LogP contribution in [0.2, 0.25) is 0 Å². The van der Waals surface area contributed by atoms with Crippen molar-refractivity contribution >= 4 is 0 Å². The van der Waals surface area contributed by atoms with Gasteiger partial charge >= 0.3 is 0 Å². The molecule has 4 heterocycles. The lowest BCUT2D eigenvalue weighted by Gasteiger charge is -2.09. The minimum Gasteiger partial charge on any atom is -0.341 e. The summed E-state index contributed by atoms with van der Waals surface area (Å²) in [6.07, 6.45) is 9.04. The van der Waals surface area contributed by atoms with Crippen molar-refractivity contribution in [1.29, 1.82) is 0 Å². The van der Waals surface area contributed by atoms with Gasteiger partial charge in [-0.25, -0.2) is 9.97 Å². The highest BCUT2D eigenvalue weighted by molar-refractivity contribution is 5.71. The lowest BCUT2D eigenvalue weighted by molar-refractivity contribution is 0.543. The summed E-state index contributed by atoms with van der Waals surface area (Å²) in [6, 6.07) is 19.7. The van der Waals surface area contributed by atoms with Gasteiger partial charge < -0.3 is 20.6 Å². The molecule has 2 saturated heterocycles. The Morgan fingerprint density at radius 2 is 0.941 bits per heavy atom. The molecule has 4 N–H and O–H groups in total. The van der Waals surface area contributed by atoms with Crippen LogP contribution in [0.3, 0.4) is 0 Å². The molecule has 0 radical (unpaired) electrons. The average Bonchev–Trinajstić information content (AvgIpc) is 3.46. The fraction of sp³-hybridized carbons (Fsp3) is 0.357. The van der Waals surface area contributed by atoms with E-state index in [1.54, 1.807) is 0 Å². The van der Waals surface area contributed by atoms with Crippen LogP contribution in [0.25, 0.3) is 33.6 Å². The summed E-state index contributed by atoms with van der Waals surface area (Å²) in [5.74, 6) is 3.89. The fourth-order valence-electron chi connectivity index (χ4n) is 6.07. The summed E-state index contributed by atoms with van der Waals surface area (Å²) in [6.45, 7) is 0. The van der Waals surface area contributed by atoms with Gasteiger partial charge in [-0.2, -0.15) is 0 Å². The molecule has 4 aromatic rings. The minimum absolute atomic E-state index is 0.390. The van der Waals surface area contributed by atoms with Crippen LogP contribution in [0.5, 0.6) is 0 Å². The summed E-state index contributed by atoms with van der Waals surface area (Å²) in [5.41, 5.74) is 6.95. The maximum Gasteiger partial charge on any atom is 0.123 e. The van der Waals surface area contributed by atoms with Crippen molar-refractivity contribution < 1.29 is 0 Å². The first-order valence-corrected chi connectivity index (χ1v) is 12.6. The molecular weight excluding hydrogens is 420 g/mol. The van der Waals surface area contributed by atoms with Crippen molar-refractivity contribution in [3.63, 3.8) is 0 Å². The third kappa shape index (κ3) is 3.24. The smallest absolute Gasteiger partial charge is 0.123 e. The molecule has 2 saturated carbocycles. The highest BCUT2D eigenvalue weighted by Crippen LogP contribution is 2.46. The van der Waals surface area contributed by atoms with Crippen LogP contribution in [0.1, 0.15) is 49.4 Å². The van der Waals surface area contributed by atoms with Crippen LogP contribution in [0.15, 0.2) is 60.9 Å². The molecule has 6 nitrogen and oxygen atoms in total. The van der Waals surface area contributed by atoms with Gasteiger partial charge in [-0.1, -0.05) is 48.5 Å². The number of hydrogen-bond donors (Lipinski definition) is 4. The van der Waals surface area contributed by atoms with Gasteiger partial charge in [0.1, 0.15) is 11.6 Å². The van der Waals surface area contributed by atoms with E-state index in [2.05, 4.69) is 79.1 Å². The molecule has 8 rings (SSSR count). The molecule has 2 aromatic carbocycles. The Labute approximate surface area is 198 Å². The molecule has 4 aliphatic rings. The Balaban J connectivity index is 0.972. The van der Waals surface area contributed by atoms with Crippen molar-refractivity contribution in [2.75, 3.05) is 0 Å². The van der Waals surface area contributed by atoms with Gasteiger partial charge in [-0.05, 0) is 59.8 Å². The third-order valence-corrected chi connectivity index (χ3v) is 8.33. The number of H-pyrrole nitrogens is 2. The van der Waals surface area contributed by atoms with Gasteiger partial charge in [0.25, 0.3) is 0 Å². The number of nitrogens with zero attached hydrogens (tertiary/aromatic N) is 2. The van der Waals surface area contributed by atoms with Crippen molar-refractivity contribution in [2.45, 2.75) is 49.9 Å². The molecule has 0 spiro atoms. The van der Waals surface area contributed by atoms with Crippen LogP contribution in [-0.4, -0.2) is 32.0 Å². The summed E-state index contributed by atoms with van der Waals surface area (Å²) in [5, 5.41) is 7.34. The maximum atomic E-state index is 4.65. The Kier molecular flexibility index (Phi) is 4.02. The Hall–Kier alpha value is -3.22.